The highest BCUT2D eigenvalue weighted by atomic mass is 35.5. The van der Waals surface area contributed by atoms with Crippen molar-refractivity contribution >= 4 is 27.5 Å². The molecule has 0 saturated carbocycles. The number of amides is 1. The molecule has 1 saturated heterocycles. The highest BCUT2D eigenvalue weighted by Gasteiger charge is 2.27. The number of nitrogens with two attached hydrogens (primary N) is 1. The number of carbonyl (C=O) groups is 1. The molecule has 1 aliphatic heterocycles. The summed E-state index contributed by atoms with van der Waals surface area (Å²) >= 11 is 5.99. The highest BCUT2D eigenvalue weighted by molar-refractivity contribution is 7.89. The Bertz CT molecular complexity index is 675. The van der Waals surface area contributed by atoms with Crippen molar-refractivity contribution in [3.05, 3.63) is 28.3 Å². The molecule has 0 aliphatic carbocycles. The lowest BCUT2D eigenvalue weighted by Gasteiger charge is -2.17. The van der Waals surface area contributed by atoms with Crippen molar-refractivity contribution in [2.45, 2.75) is 37.3 Å². The Balaban J connectivity index is 2.34. The zero-order valence-electron chi connectivity index (χ0n) is 11.7. The van der Waals surface area contributed by atoms with Gasteiger partial charge in [-0.05, 0) is 38.0 Å². The van der Waals surface area contributed by atoms with Crippen molar-refractivity contribution in [1.29, 1.82) is 0 Å². The van der Waals surface area contributed by atoms with E-state index in [0.717, 1.165) is 0 Å². The number of hydrogen-bond acceptors (Lipinski definition) is 4. The van der Waals surface area contributed by atoms with Crippen molar-refractivity contribution in [3.63, 3.8) is 0 Å². The zero-order chi connectivity index (χ0) is 15.8. The molecule has 1 fully saturated rings. The van der Waals surface area contributed by atoms with Gasteiger partial charge in [-0.15, -0.1) is 0 Å². The van der Waals surface area contributed by atoms with Crippen LogP contribution in [0.1, 0.15) is 29.3 Å². The molecule has 1 aromatic rings. The molecule has 0 spiro atoms. The molecule has 8 heteroatoms. The van der Waals surface area contributed by atoms with Crippen LogP contribution in [0.3, 0.4) is 0 Å². The minimum atomic E-state index is -3.93. The summed E-state index contributed by atoms with van der Waals surface area (Å²) in [6.45, 7) is 4.11. The molecular formula is C13H17ClN2O4S. The van der Waals surface area contributed by atoms with Crippen molar-refractivity contribution in [2.75, 3.05) is 6.61 Å². The third kappa shape index (κ3) is 3.55. The smallest absolute Gasteiger partial charge is 0.251 e. The summed E-state index contributed by atoms with van der Waals surface area (Å²) in [5.41, 5.74) is 0.707. The Kier molecular flexibility index (Phi) is 4.57. The van der Waals surface area contributed by atoms with Crippen LogP contribution in [0.15, 0.2) is 17.0 Å². The van der Waals surface area contributed by atoms with Crippen LogP contribution in [0.25, 0.3) is 0 Å². The summed E-state index contributed by atoms with van der Waals surface area (Å²) in [5.74, 6) is -0.387. The molecule has 1 aromatic carbocycles. The number of carbonyl (C=O) groups excluding carboxylic acids is 1. The molecule has 3 N–H and O–H groups in total. The maximum absolute atomic E-state index is 12.3. The number of primary sulfonamides is 1. The van der Waals surface area contributed by atoms with Crippen molar-refractivity contribution in [2.24, 2.45) is 5.14 Å². The van der Waals surface area contributed by atoms with E-state index in [1.54, 1.807) is 6.92 Å². The molecule has 1 amide bonds. The van der Waals surface area contributed by atoms with Gasteiger partial charge in [0, 0.05) is 17.2 Å². The van der Waals surface area contributed by atoms with Gasteiger partial charge in [0.05, 0.1) is 17.0 Å². The van der Waals surface area contributed by atoms with E-state index in [4.69, 9.17) is 21.5 Å². The van der Waals surface area contributed by atoms with Crippen LogP contribution in [-0.2, 0) is 14.8 Å². The van der Waals surface area contributed by atoms with Gasteiger partial charge < -0.3 is 10.1 Å². The summed E-state index contributed by atoms with van der Waals surface area (Å²) in [7, 11) is -3.93. The molecule has 1 aliphatic rings. The SMILES string of the molecule is Cc1c(Cl)cc(S(N)(=O)=O)cc1C(=O)NC1CCOC1C. The fourth-order valence-electron chi connectivity index (χ4n) is 2.22. The maximum atomic E-state index is 12.3. The van der Waals surface area contributed by atoms with Gasteiger partial charge >= 0.3 is 0 Å². The maximum Gasteiger partial charge on any atom is 0.251 e. The van der Waals surface area contributed by atoms with Gasteiger partial charge in [0.25, 0.3) is 5.91 Å². The quantitative estimate of drug-likeness (QED) is 0.869. The normalized spacial score (nSPS) is 22.3. The van der Waals surface area contributed by atoms with Crippen LogP contribution in [0.5, 0.6) is 0 Å². The van der Waals surface area contributed by atoms with Crippen LogP contribution >= 0.6 is 11.6 Å². The van der Waals surface area contributed by atoms with Gasteiger partial charge in [0.15, 0.2) is 0 Å². The summed E-state index contributed by atoms with van der Waals surface area (Å²) in [6, 6.07) is 2.38. The number of nitrogens with one attached hydrogen (secondary N) is 1. The first-order chi connectivity index (χ1) is 9.70. The second-order valence-corrected chi connectivity index (χ2v) is 7.04. The van der Waals surface area contributed by atoms with Gasteiger partial charge in [-0.3, -0.25) is 4.79 Å². The van der Waals surface area contributed by atoms with Crippen molar-refractivity contribution in [1.82, 2.24) is 5.32 Å². The molecule has 116 valence electrons. The fourth-order valence-corrected chi connectivity index (χ4v) is 3.07. The topological polar surface area (TPSA) is 98.5 Å². The molecule has 2 rings (SSSR count). The van der Waals surface area contributed by atoms with E-state index in [-0.39, 0.29) is 33.5 Å². The monoisotopic (exact) mass is 332 g/mol. The van der Waals surface area contributed by atoms with Crippen molar-refractivity contribution < 1.29 is 17.9 Å². The van der Waals surface area contributed by atoms with Crippen LogP contribution < -0.4 is 10.5 Å². The van der Waals surface area contributed by atoms with E-state index in [1.807, 2.05) is 6.92 Å². The van der Waals surface area contributed by atoms with E-state index in [9.17, 15) is 13.2 Å². The second kappa shape index (κ2) is 5.92. The fraction of sp³-hybridized carbons (Fsp3) is 0.462. The van der Waals surface area contributed by atoms with E-state index >= 15 is 0 Å². The Hall–Kier alpha value is -1.15. The van der Waals surface area contributed by atoms with Crippen LogP contribution in [-0.4, -0.2) is 33.1 Å². The molecule has 0 radical (unpaired) electrons. The Morgan fingerprint density at radius 1 is 1.48 bits per heavy atom. The summed E-state index contributed by atoms with van der Waals surface area (Å²) in [5, 5.41) is 8.11. The molecule has 1 heterocycles. The predicted octanol–water partition coefficient (Wildman–Crippen LogP) is 1.20. The third-order valence-corrected chi connectivity index (χ3v) is 4.87. The minimum Gasteiger partial charge on any atom is -0.376 e. The Morgan fingerprint density at radius 2 is 2.14 bits per heavy atom. The lowest BCUT2D eigenvalue weighted by atomic mass is 10.1. The van der Waals surface area contributed by atoms with Crippen LogP contribution in [0.4, 0.5) is 0 Å². The van der Waals surface area contributed by atoms with Gasteiger partial charge in [-0.2, -0.15) is 0 Å². The first-order valence-electron chi connectivity index (χ1n) is 6.45. The lowest BCUT2D eigenvalue weighted by molar-refractivity contribution is 0.0865. The second-order valence-electron chi connectivity index (χ2n) is 5.07. The molecule has 0 aromatic heterocycles. The van der Waals surface area contributed by atoms with Gasteiger partial charge in [0.1, 0.15) is 0 Å². The number of hydrogen-bond donors (Lipinski definition) is 2. The van der Waals surface area contributed by atoms with Gasteiger partial charge in [-0.1, -0.05) is 11.6 Å². The van der Waals surface area contributed by atoms with E-state index in [2.05, 4.69) is 5.32 Å². The number of ether oxygens (including phenoxy) is 1. The zero-order valence-corrected chi connectivity index (χ0v) is 13.3. The van der Waals surface area contributed by atoms with E-state index in [1.165, 1.54) is 12.1 Å². The van der Waals surface area contributed by atoms with Crippen molar-refractivity contribution in [3.8, 4) is 0 Å². The molecular weight excluding hydrogens is 316 g/mol. The number of benzene rings is 1. The minimum absolute atomic E-state index is 0.0776. The molecule has 2 atom stereocenters. The average Bonchev–Trinajstić information content (AvgIpc) is 2.76. The summed E-state index contributed by atoms with van der Waals surface area (Å²) in [6.07, 6.45) is 0.639. The largest absolute Gasteiger partial charge is 0.376 e. The lowest BCUT2D eigenvalue weighted by Crippen LogP contribution is -2.39. The number of sulfonamides is 1. The Labute approximate surface area is 128 Å². The molecule has 2 unspecified atom stereocenters. The van der Waals surface area contributed by atoms with E-state index < -0.39 is 10.0 Å². The highest BCUT2D eigenvalue weighted by Crippen LogP contribution is 2.24. The molecule has 21 heavy (non-hydrogen) atoms. The third-order valence-electron chi connectivity index (χ3n) is 3.58. The number of rotatable bonds is 3. The molecule has 0 bridgehead atoms. The van der Waals surface area contributed by atoms with E-state index in [0.29, 0.717) is 18.6 Å². The van der Waals surface area contributed by atoms with Gasteiger partial charge in [0.2, 0.25) is 10.0 Å². The van der Waals surface area contributed by atoms with Crippen LogP contribution in [0.2, 0.25) is 5.02 Å². The average molecular weight is 333 g/mol. The Morgan fingerprint density at radius 3 is 2.67 bits per heavy atom. The van der Waals surface area contributed by atoms with Gasteiger partial charge in [-0.25, -0.2) is 13.6 Å². The number of halogens is 1. The summed E-state index contributed by atoms with van der Waals surface area (Å²) in [4.78, 5) is 12.2. The predicted molar refractivity (Wildman–Crippen MR) is 78.8 cm³/mol. The first kappa shape index (κ1) is 16.2. The first-order valence-corrected chi connectivity index (χ1v) is 8.38. The standard InChI is InChI=1S/C13H17ClN2O4S/c1-7-10(5-9(6-11(7)14)21(15,18)19)13(17)16-12-3-4-20-8(12)2/h5-6,8,12H,3-4H2,1-2H3,(H,16,17)(H2,15,18,19). The van der Waals surface area contributed by atoms with Crippen LogP contribution in [0, 0.1) is 6.92 Å². The molecule has 6 nitrogen and oxygen atoms in total. The summed E-state index contributed by atoms with van der Waals surface area (Å²) < 4.78 is 28.2.